The third kappa shape index (κ3) is 2.99. The maximum absolute atomic E-state index is 10.9. The smallest absolute Gasteiger partial charge is 0.311 e. The van der Waals surface area contributed by atoms with Crippen molar-refractivity contribution < 1.29 is 9.66 Å². The lowest BCUT2D eigenvalue weighted by Gasteiger charge is -2.08. The predicted molar refractivity (Wildman–Crippen MR) is 80.0 cm³/mol. The Morgan fingerprint density at radius 2 is 1.89 bits per heavy atom. The highest BCUT2D eigenvalue weighted by atomic mass is 127. The molecule has 0 N–H and O–H groups in total. The van der Waals surface area contributed by atoms with Crippen molar-refractivity contribution in [3.8, 4) is 11.5 Å². The number of para-hydroxylation sites is 1. The van der Waals surface area contributed by atoms with E-state index in [-0.39, 0.29) is 11.4 Å². The molecule has 0 aliphatic heterocycles. The number of rotatable bonds is 3. The molecule has 0 bridgehead atoms. The zero-order chi connectivity index (χ0) is 13.1. The second-order valence-corrected chi connectivity index (χ2v) is 5.48. The monoisotopic (exact) mass is 419 g/mol. The van der Waals surface area contributed by atoms with Crippen molar-refractivity contribution in [3.05, 3.63) is 60.6 Å². The van der Waals surface area contributed by atoms with Gasteiger partial charge in [-0.3, -0.25) is 10.1 Å². The molecule has 0 unspecified atom stereocenters. The van der Waals surface area contributed by atoms with Gasteiger partial charge in [0.05, 0.1) is 8.49 Å². The van der Waals surface area contributed by atoms with Gasteiger partial charge in [-0.15, -0.1) is 0 Å². The van der Waals surface area contributed by atoms with Crippen LogP contribution in [0.15, 0.2) is 46.9 Å². The summed E-state index contributed by atoms with van der Waals surface area (Å²) in [5.41, 5.74) is -0.0575. The van der Waals surface area contributed by atoms with Gasteiger partial charge in [-0.25, -0.2) is 0 Å². The van der Waals surface area contributed by atoms with E-state index in [9.17, 15) is 10.1 Å². The second-order valence-electron chi connectivity index (χ2n) is 3.40. The molecule has 0 amide bonds. The zero-order valence-corrected chi connectivity index (χ0v) is 12.7. The summed E-state index contributed by atoms with van der Waals surface area (Å²) in [5.74, 6) is 0.817. The van der Waals surface area contributed by atoms with E-state index in [0.717, 1.165) is 8.04 Å². The molecule has 0 heterocycles. The molecule has 6 heteroatoms. The summed E-state index contributed by atoms with van der Waals surface area (Å²) in [4.78, 5) is 10.5. The second kappa shape index (κ2) is 5.66. The molecule has 0 aromatic heterocycles. The van der Waals surface area contributed by atoms with E-state index < -0.39 is 4.92 Å². The van der Waals surface area contributed by atoms with Gasteiger partial charge >= 0.3 is 5.69 Å². The number of hydrogen-bond donors (Lipinski definition) is 0. The first kappa shape index (κ1) is 13.3. The largest absolute Gasteiger partial charge is 0.449 e. The van der Waals surface area contributed by atoms with E-state index in [0.29, 0.717) is 5.75 Å². The van der Waals surface area contributed by atoms with Crippen LogP contribution in [0.25, 0.3) is 0 Å². The molecule has 0 aliphatic carbocycles. The lowest BCUT2D eigenvalue weighted by molar-refractivity contribution is -0.385. The van der Waals surface area contributed by atoms with Crippen LogP contribution >= 0.6 is 38.5 Å². The van der Waals surface area contributed by atoms with Crippen LogP contribution < -0.4 is 4.74 Å². The lowest BCUT2D eigenvalue weighted by Crippen LogP contribution is -1.94. The summed E-state index contributed by atoms with van der Waals surface area (Å²) in [6.07, 6.45) is 0. The molecule has 18 heavy (non-hydrogen) atoms. The highest BCUT2D eigenvalue weighted by Crippen LogP contribution is 2.35. The van der Waals surface area contributed by atoms with Crippen LogP contribution in [0.5, 0.6) is 11.5 Å². The fourth-order valence-electron chi connectivity index (χ4n) is 1.37. The van der Waals surface area contributed by atoms with Crippen molar-refractivity contribution in [3.63, 3.8) is 0 Å². The van der Waals surface area contributed by atoms with Gasteiger partial charge in [-0.1, -0.05) is 28.1 Å². The van der Waals surface area contributed by atoms with Gasteiger partial charge in [0.2, 0.25) is 5.75 Å². The number of halogens is 2. The Hall–Kier alpha value is -1.15. The number of nitrogens with zero attached hydrogens (tertiary/aromatic N) is 1. The molecule has 0 spiro atoms. The van der Waals surface area contributed by atoms with Crippen LogP contribution in [0.3, 0.4) is 0 Å². The average Bonchev–Trinajstić information content (AvgIpc) is 2.32. The van der Waals surface area contributed by atoms with E-state index in [1.54, 1.807) is 18.2 Å². The van der Waals surface area contributed by atoms with E-state index in [4.69, 9.17) is 4.74 Å². The Morgan fingerprint density at radius 1 is 1.17 bits per heavy atom. The number of ether oxygens (including phenoxy) is 1. The summed E-state index contributed by atoms with van der Waals surface area (Å²) >= 11 is 5.39. The highest BCUT2D eigenvalue weighted by molar-refractivity contribution is 14.1. The molecule has 0 saturated carbocycles. The van der Waals surface area contributed by atoms with Crippen LogP contribution in [0.4, 0.5) is 5.69 Å². The van der Waals surface area contributed by atoms with Gasteiger partial charge in [-0.2, -0.15) is 0 Å². The van der Waals surface area contributed by atoms with Gasteiger partial charge in [0.25, 0.3) is 0 Å². The molecule has 0 fully saturated rings. The minimum atomic E-state index is -0.461. The zero-order valence-electron chi connectivity index (χ0n) is 8.97. The third-order valence-corrected chi connectivity index (χ3v) is 3.56. The number of nitro benzene ring substituents is 1. The first-order valence-corrected chi connectivity index (χ1v) is 6.81. The Balaban J connectivity index is 2.42. The SMILES string of the molecule is O=[N+]([O-])c1ccc(Br)cc1Oc1ccccc1I. The Morgan fingerprint density at radius 3 is 2.56 bits per heavy atom. The highest BCUT2D eigenvalue weighted by Gasteiger charge is 2.16. The van der Waals surface area contributed by atoms with E-state index in [1.807, 2.05) is 18.2 Å². The molecule has 0 atom stereocenters. The van der Waals surface area contributed by atoms with Gasteiger partial charge in [0.1, 0.15) is 5.75 Å². The first-order valence-electron chi connectivity index (χ1n) is 4.94. The molecule has 0 aliphatic rings. The van der Waals surface area contributed by atoms with Gasteiger partial charge in [0.15, 0.2) is 0 Å². The maximum Gasteiger partial charge on any atom is 0.311 e. The normalized spacial score (nSPS) is 10.1. The van der Waals surface area contributed by atoms with Crippen molar-refractivity contribution in [1.29, 1.82) is 0 Å². The predicted octanol–water partition coefficient (Wildman–Crippen LogP) is 4.75. The summed E-state index contributed by atoms with van der Waals surface area (Å²) < 4.78 is 7.23. The Bertz CT molecular complexity index is 604. The minimum absolute atomic E-state index is 0.0575. The van der Waals surface area contributed by atoms with Crippen molar-refractivity contribution >= 4 is 44.2 Å². The minimum Gasteiger partial charge on any atom is -0.449 e. The molecule has 4 nitrogen and oxygen atoms in total. The van der Waals surface area contributed by atoms with Crippen molar-refractivity contribution in [1.82, 2.24) is 0 Å². The number of benzene rings is 2. The molecule has 92 valence electrons. The van der Waals surface area contributed by atoms with Crippen LogP contribution in [0.2, 0.25) is 0 Å². The standard InChI is InChI=1S/C12H7BrINO3/c13-8-5-6-10(15(16)17)12(7-8)18-11-4-2-1-3-9(11)14/h1-7H. The maximum atomic E-state index is 10.9. The van der Waals surface area contributed by atoms with E-state index in [1.165, 1.54) is 6.07 Å². The van der Waals surface area contributed by atoms with Crippen molar-refractivity contribution in [2.75, 3.05) is 0 Å². The molecule has 0 saturated heterocycles. The molecule has 2 aromatic rings. The van der Waals surface area contributed by atoms with Crippen molar-refractivity contribution in [2.45, 2.75) is 0 Å². The molecule has 0 radical (unpaired) electrons. The van der Waals surface area contributed by atoms with Crippen LogP contribution in [0, 0.1) is 13.7 Å². The number of hydrogen-bond acceptors (Lipinski definition) is 3. The van der Waals surface area contributed by atoms with Crippen LogP contribution in [0.1, 0.15) is 0 Å². The van der Waals surface area contributed by atoms with Crippen molar-refractivity contribution in [2.24, 2.45) is 0 Å². The summed E-state index contributed by atoms with van der Waals surface area (Å²) in [6.45, 7) is 0. The fourth-order valence-corrected chi connectivity index (χ4v) is 2.20. The van der Waals surface area contributed by atoms with Crippen LogP contribution in [-0.4, -0.2) is 4.92 Å². The molecular formula is C12H7BrINO3. The van der Waals surface area contributed by atoms with Gasteiger partial charge in [0, 0.05) is 16.6 Å². The Kier molecular flexibility index (Phi) is 4.18. The summed E-state index contributed by atoms with van der Waals surface area (Å²) in [7, 11) is 0. The van der Waals surface area contributed by atoms with Crippen LogP contribution in [-0.2, 0) is 0 Å². The van der Waals surface area contributed by atoms with Gasteiger partial charge < -0.3 is 4.74 Å². The first-order chi connectivity index (χ1) is 8.58. The summed E-state index contributed by atoms with van der Waals surface area (Å²) in [6, 6.07) is 12.0. The topological polar surface area (TPSA) is 52.4 Å². The fraction of sp³-hybridized carbons (Fsp3) is 0. The van der Waals surface area contributed by atoms with Gasteiger partial charge in [-0.05, 0) is 40.8 Å². The Labute approximate surface area is 125 Å². The summed E-state index contributed by atoms with van der Waals surface area (Å²) in [5, 5.41) is 10.9. The molecule has 2 aromatic carbocycles. The number of nitro groups is 1. The lowest BCUT2D eigenvalue weighted by atomic mass is 10.3. The quantitative estimate of drug-likeness (QED) is 0.409. The van der Waals surface area contributed by atoms with E-state index in [2.05, 4.69) is 38.5 Å². The third-order valence-electron chi connectivity index (χ3n) is 2.18. The molecule has 2 rings (SSSR count). The molecular weight excluding hydrogens is 413 g/mol. The van der Waals surface area contributed by atoms with E-state index >= 15 is 0 Å². The average molecular weight is 420 g/mol.